The van der Waals surface area contributed by atoms with Gasteiger partial charge in [0.05, 0.1) is 0 Å². The fourth-order valence-electron chi connectivity index (χ4n) is 3.19. The number of aliphatic hydroxyl groups is 1. The van der Waals surface area contributed by atoms with Crippen LogP contribution in [0.4, 0.5) is 4.39 Å². The van der Waals surface area contributed by atoms with Gasteiger partial charge in [-0.2, -0.15) is 0 Å². The molecular weight excluding hydrogens is 299 g/mol. The van der Waals surface area contributed by atoms with Crippen molar-refractivity contribution in [3.63, 3.8) is 0 Å². The number of halogens is 1. The summed E-state index contributed by atoms with van der Waals surface area (Å²) in [4.78, 5) is 0. The van der Waals surface area contributed by atoms with Gasteiger partial charge in [-0.15, -0.1) is 0 Å². The van der Waals surface area contributed by atoms with Crippen molar-refractivity contribution in [3.05, 3.63) is 72.3 Å². The Morgan fingerprint density at radius 1 is 1.12 bits per heavy atom. The van der Waals surface area contributed by atoms with Crippen LogP contribution in [-0.4, -0.2) is 5.11 Å². The van der Waals surface area contributed by atoms with Crippen molar-refractivity contribution in [1.29, 1.82) is 0 Å². The van der Waals surface area contributed by atoms with Crippen molar-refractivity contribution in [1.82, 2.24) is 0 Å². The fourth-order valence-corrected chi connectivity index (χ4v) is 3.19. The summed E-state index contributed by atoms with van der Waals surface area (Å²) in [6.45, 7) is 10.2. The topological polar surface area (TPSA) is 20.2 Å². The van der Waals surface area contributed by atoms with Crippen LogP contribution in [0.25, 0.3) is 0 Å². The Morgan fingerprint density at radius 3 is 2.08 bits per heavy atom. The Balaban J connectivity index is 0.000000341. The van der Waals surface area contributed by atoms with Crippen LogP contribution in [-0.2, 0) is 0 Å². The van der Waals surface area contributed by atoms with Gasteiger partial charge in [0, 0.05) is 0 Å². The van der Waals surface area contributed by atoms with Gasteiger partial charge in [0.2, 0.25) is 0 Å². The normalized spacial score (nSPS) is 21.5. The third kappa shape index (κ3) is 7.63. The van der Waals surface area contributed by atoms with Crippen LogP contribution in [0.3, 0.4) is 0 Å². The molecule has 0 bridgehead atoms. The van der Waals surface area contributed by atoms with Gasteiger partial charge in [0.15, 0.2) is 0 Å². The van der Waals surface area contributed by atoms with Crippen molar-refractivity contribution in [2.75, 3.05) is 0 Å². The summed E-state index contributed by atoms with van der Waals surface area (Å²) in [6, 6.07) is 7.94. The van der Waals surface area contributed by atoms with Crippen LogP contribution in [0.15, 0.2) is 66.5 Å². The molecule has 0 amide bonds. The Bertz CT molecular complexity index is 534. The molecule has 1 fully saturated rings. The zero-order chi connectivity index (χ0) is 17.9. The fraction of sp³-hybridized carbons (Fsp3) is 0.455. The maximum Gasteiger partial charge on any atom is 0.123 e. The molecule has 0 radical (unpaired) electrons. The lowest BCUT2D eigenvalue weighted by Gasteiger charge is -2.31. The summed E-state index contributed by atoms with van der Waals surface area (Å²) in [5.41, 5.74) is 1.35. The predicted molar refractivity (Wildman–Crippen MR) is 101 cm³/mol. The minimum Gasteiger partial charge on any atom is -0.509 e. The van der Waals surface area contributed by atoms with Gasteiger partial charge in [-0.25, -0.2) is 4.39 Å². The number of benzene rings is 1. The Morgan fingerprint density at radius 2 is 1.71 bits per heavy atom. The van der Waals surface area contributed by atoms with Crippen molar-refractivity contribution >= 4 is 0 Å². The highest BCUT2D eigenvalue weighted by molar-refractivity contribution is 5.25. The first-order chi connectivity index (χ1) is 11.4. The standard InChI is InChI=1S/C16H26O.C6H5F/c1-5-14(7-6-13(4)17)16-10-8-15(9-11-16)12(2)3;7-6-4-2-1-3-5-6/h5-7,12,15-17H,4,8-11H2,1-3H3;1-5H/b7-6-,14-5+;. The monoisotopic (exact) mass is 330 g/mol. The molecule has 0 aliphatic heterocycles. The molecule has 2 rings (SSSR count). The van der Waals surface area contributed by atoms with Gasteiger partial charge in [0.1, 0.15) is 11.6 Å². The molecule has 24 heavy (non-hydrogen) atoms. The Kier molecular flexibility index (Phi) is 9.14. The third-order valence-corrected chi connectivity index (χ3v) is 4.72. The SMILES string of the molecule is C=C(O)/C=C\C(=C/C)C1CCC(C(C)C)CC1.Fc1ccccc1. The van der Waals surface area contributed by atoms with E-state index in [2.05, 4.69) is 33.4 Å². The lowest BCUT2D eigenvalue weighted by Crippen LogP contribution is -2.19. The van der Waals surface area contributed by atoms with Crippen LogP contribution >= 0.6 is 0 Å². The molecule has 1 aromatic rings. The van der Waals surface area contributed by atoms with E-state index >= 15 is 0 Å². The highest BCUT2D eigenvalue weighted by Gasteiger charge is 2.24. The van der Waals surface area contributed by atoms with Crippen LogP contribution in [0, 0.1) is 23.6 Å². The van der Waals surface area contributed by atoms with Crippen molar-refractivity contribution in [2.24, 2.45) is 17.8 Å². The Hall–Kier alpha value is -1.83. The molecule has 1 N–H and O–H groups in total. The first-order valence-electron chi connectivity index (χ1n) is 8.86. The van der Waals surface area contributed by atoms with Crippen molar-refractivity contribution in [3.8, 4) is 0 Å². The summed E-state index contributed by atoms with van der Waals surface area (Å²) < 4.78 is 11.9. The highest BCUT2D eigenvalue weighted by atomic mass is 19.1. The zero-order valence-electron chi connectivity index (χ0n) is 15.2. The molecule has 0 saturated heterocycles. The number of hydrogen-bond donors (Lipinski definition) is 1. The summed E-state index contributed by atoms with van der Waals surface area (Å²) in [5, 5.41) is 9.10. The van der Waals surface area contributed by atoms with Crippen LogP contribution in [0.2, 0.25) is 0 Å². The minimum atomic E-state index is -0.178. The summed E-state index contributed by atoms with van der Waals surface area (Å²) in [5.74, 6) is 2.35. The van der Waals surface area contributed by atoms with Crippen LogP contribution < -0.4 is 0 Å². The first kappa shape index (κ1) is 20.2. The summed E-state index contributed by atoms with van der Waals surface area (Å²) in [7, 11) is 0. The molecule has 0 spiro atoms. The average molecular weight is 330 g/mol. The van der Waals surface area contributed by atoms with E-state index in [1.807, 2.05) is 6.08 Å². The van der Waals surface area contributed by atoms with Gasteiger partial charge < -0.3 is 5.11 Å². The third-order valence-electron chi connectivity index (χ3n) is 4.72. The second kappa shape index (κ2) is 10.9. The zero-order valence-corrected chi connectivity index (χ0v) is 15.2. The quantitative estimate of drug-likeness (QED) is 0.473. The maximum atomic E-state index is 11.9. The summed E-state index contributed by atoms with van der Waals surface area (Å²) in [6.07, 6.45) is 11.1. The molecule has 1 nitrogen and oxygen atoms in total. The predicted octanol–water partition coefficient (Wildman–Crippen LogP) is 6.85. The highest BCUT2D eigenvalue weighted by Crippen LogP contribution is 2.36. The molecule has 1 aliphatic carbocycles. The smallest absolute Gasteiger partial charge is 0.123 e. The maximum absolute atomic E-state index is 11.9. The van der Waals surface area contributed by atoms with E-state index in [0.717, 1.165) is 11.8 Å². The van der Waals surface area contributed by atoms with E-state index in [4.69, 9.17) is 5.11 Å². The second-order valence-electron chi connectivity index (χ2n) is 6.76. The largest absolute Gasteiger partial charge is 0.509 e. The van der Waals surface area contributed by atoms with Gasteiger partial charge in [-0.1, -0.05) is 50.8 Å². The number of hydrogen-bond acceptors (Lipinski definition) is 1. The minimum absolute atomic E-state index is 0.139. The van der Waals surface area contributed by atoms with E-state index < -0.39 is 0 Å². The van der Waals surface area contributed by atoms with Gasteiger partial charge >= 0.3 is 0 Å². The van der Waals surface area contributed by atoms with Crippen molar-refractivity contribution in [2.45, 2.75) is 46.5 Å². The van der Waals surface area contributed by atoms with Gasteiger partial charge in [0.25, 0.3) is 0 Å². The van der Waals surface area contributed by atoms with E-state index in [1.54, 1.807) is 24.3 Å². The van der Waals surface area contributed by atoms with E-state index in [0.29, 0.717) is 5.92 Å². The molecule has 0 aromatic heterocycles. The molecule has 0 heterocycles. The van der Waals surface area contributed by atoms with E-state index in [9.17, 15) is 4.39 Å². The van der Waals surface area contributed by atoms with E-state index in [1.165, 1.54) is 43.4 Å². The molecule has 0 atom stereocenters. The summed E-state index contributed by atoms with van der Waals surface area (Å²) >= 11 is 0. The van der Waals surface area contributed by atoms with E-state index in [-0.39, 0.29) is 11.6 Å². The Labute approximate surface area is 146 Å². The molecular formula is C22H31FO. The number of allylic oxidation sites excluding steroid dienone is 4. The molecule has 1 aliphatic rings. The lowest BCUT2D eigenvalue weighted by molar-refractivity contribution is 0.244. The second-order valence-corrected chi connectivity index (χ2v) is 6.76. The first-order valence-corrected chi connectivity index (χ1v) is 8.86. The van der Waals surface area contributed by atoms with Gasteiger partial charge in [-0.05, 0) is 74.1 Å². The molecule has 2 heteroatoms. The van der Waals surface area contributed by atoms with Crippen LogP contribution in [0.5, 0.6) is 0 Å². The number of aliphatic hydroxyl groups excluding tert-OH is 1. The van der Waals surface area contributed by atoms with Crippen LogP contribution in [0.1, 0.15) is 46.5 Å². The van der Waals surface area contributed by atoms with Crippen molar-refractivity contribution < 1.29 is 9.50 Å². The lowest BCUT2D eigenvalue weighted by atomic mass is 9.74. The number of rotatable bonds is 4. The van der Waals surface area contributed by atoms with Gasteiger partial charge in [-0.3, -0.25) is 0 Å². The molecule has 1 saturated carbocycles. The molecule has 1 aromatic carbocycles. The molecule has 0 unspecified atom stereocenters. The molecule has 132 valence electrons. The average Bonchev–Trinajstić information content (AvgIpc) is 2.57.